The first-order valence-electron chi connectivity index (χ1n) is 7.28. The molecule has 2 fully saturated rings. The fraction of sp³-hybridized carbons (Fsp3) is 0.500. The molecule has 0 radical (unpaired) electrons. The normalized spacial score (nSPS) is 26.9. The van der Waals surface area contributed by atoms with Gasteiger partial charge < -0.3 is 5.32 Å². The fourth-order valence-corrected chi connectivity index (χ4v) is 2.93. The van der Waals surface area contributed by atoms with Crippen LogP contribution < -0.4 is 10.2 Å². The number of para-hydroxylation sites is 1. The molecule has 2 amide bonds. The van der Waals surface area contributed by atoms with Gasteiger partial charge in [-0.2, -0.15) is 0 Å². The van der Waals surface area contributed by atoms with Crippen LogP contribution in [0.15, 0.2) is 30.3 Å². The summed E-state index contributed by atoms with van der Waals surface area (Å²) < 4.78 is 0. The van der Waals surface area contributed by atoms with Crippen LogP contribution in [0.1, 0.15) is 26.7 Å². The second kappa shape index (κ2) is 4.93. The lowest BCUT2D eigenvalue weighted by molar-refractivity contribution is -0.135. The molecule has 3 rings (SSSR count). The van der Waals surface area contributed by atoms with Crippen LogP contribution in [0.4, 0.5) is 5.69 Å². The molecule has 1 aromatic rings. The minimum atomic E-state index is -0.417. The molecule has 2 unspecified atom stereocenters. The van der Waals surface area contributed by atoms with Crippen molar-refractivity contribution in [2.75, 3.05) is 4.90 Å². The third-order valence-electron chi connectivity index (χ3n) is 4.11. The highest BCUT2D eigenvalue weighted by Gasteiger charge is 2.48. The topological polar surface area (TPSA) is 49.4 Å². The minimum Gasteiger partial charge on any atom is -0.342 e. The van der Waals surface area contributed by atoms with Crippen molar-refractivity contribution in [1.82, 2.24) is 5.32 Å². The summed E-state index contributed by atoms with van der Waals surface area (Å²) in [5, 5.41) is 2.93. The Morgan fingerprint density at radius 1 is 1.15 bits per heavy atom. The van der Waals surface area contributed by atoms with E-state index in [0.29, 0.717) is 5.92 Å². The number of nitrogens with one attached hydrogen (secondary N) is 1. The molecule has 106 valence electrons. The number of anilines is 1. The Morgan fingerprint density at radius 3 is 2.35 bits per heavy atom. The van der Waals surface area contributed by atoms with E-state index in [0.717, 1.165) is 18.5 Å². The summed E-state index contributed by atoms with van der Waals surface area (Å²) in [5.74, 6) is 0.419. The molecular weight excluding hydrogens is 252 g/mol. The highest BCUT2D eigenvalue weighted by atomic mass is 16.2. The summed E-state index contributed by atoms with van der Waals surface area (Å²) in [6.07, 6.45) is 2.07. The predicted octanol–water partition coefficient (Wildman–Crippen LogP) is 1.95. The van der Waals surface area contributed by atoms with Crippen LogP contribution in [0.5, 0.6) is 0 Å². The standard InChI is InChI=1S/C16H20N2O2/c1-10(2)14-15(19)17-13(11-8-9-11)16(20)18(14)12-6-4-3-5-7-12/h3-7,10-11,13-14H,8-9H2,1-2H3,(H,17,19). The van der Waals surface area contributed by atoms with E-state index in [1.807, 2.05) is 44.2 Å². The molecule has 1 aliphatic carbocycles. The lowest BCUT2D eigenvalue weighted by atomic mass is 9.95. The SMILES string of the molecule is CC(C)C1C(=O)NC(C2CC2)C(=O)N1c1ccccc1. The fourth-order valence-electron chi connectivity index (χ4n) is 2.93. The van der Waals surface area contributed by atoms with Crippen molar-refractivity contribution in [3.05, 3.63) is 30.3 Å². The molecule has 1 heterocycles. The molecule has 4 nitrogen and oxygen atoms in total. The first-order chi connectivity index (χ1) is 9.59. The molecule has 1 aromatic carbocycles. The molecule has 0 aromatic heterocycles. The Kier molecular flexibility index (Phi) is 3.24. The number of rotatable bonds is 3. The Bertz CT molecular complexity index is 523. The Morgan fingerprint density at radius 2 is 1.80 bits per heavy atom. The molecule has 0 spiro atoms. The molecule has 2 atom stereocenters. The second-order valence-corrected chi connectivity index (χ2v) is 6.06. The van der Waals surface area contributed by atoms with Gasteiger partial charge in [0.2, 0.25) is 5.91 Å². The third-order valence-corrected chi connectivity index (χ3v) is 4.11. The van der Waals surface area contributed by atoms with E-state index in [9.17, 15) is 9.59 Å². The van der Waals surface area contributed by atoms with Gasteiger partial charge in [0.1, 0.15) is 12.1 Å². The number of amides is 2. The monoisotopic (exact) mass is 272 g/mol. The van der Waals surface area contributed by atoms with Crippen LogP contribution in [0.2, 0.25) is 0 Å². The summed E-state index contributed by atoms with van der Waals surface area (Å²) in [6, 6.07) is 8.77. The van der Waals surface area contributed by atoms with E-state index in [-0.39, 0.29) is 23.8 Å². The maximum Gasteiger partial charge on any atom is 0.250 e. The van der Waals surface area contributed by atoms with Gasteiger partial charge in [-0.25, -0.2) is 0 Å². The Hall–Kier alpha value is -1.84. The van der Waals surface area contributed by atoms with Gasteiger partial charge in [-0.3, -0.25) is 14.5 Å². The molecule has 0 bridgehead atoms. The number of hydrogen-bond donors (Lipinski definition) is 1. The van der Waals surface area contributed by atoms with Gasteiger partial charge >= 0.3 is 0 Å². The van der Waals surface area contributed by atoms with E-state index in [1.165, 1.54) is 0 Å². The lowest BCUT2D eigenvalue weighted by Crippen LogP contribution is -2.65. The van der Waals surface area contributed by atoms with E-state index < -0.39 is 6.04 Å². The summed E-state index contributed by atoms with van der Waals surface area (Å²) in [7, 11) is 0. The van der Waals surface area contributed by atoms with E-state index in [4.69, 9.17) is 0 Å². The first kappa shape index (κ1) is 13.2. The minimum absolute atomic E-state index is 0.0275. The van der Waals surface area contributed by atoms with Crippen molar-refractivity contribution in [2.45, 2.75) is 38.8 Å². The van der Waals surface area contributed by atoms with Crippen molar-refractivity contribution >= 4 is 17.5 Å². The number of nitrogens with zero attached hydrogens (tertiary/aromatic N) is 1. The maximum atomic E-state index is 12.8. The average Bonchev–Trinajstić information content (AvgIpc) is 3.25. The van der Waals surface area contributed by atoms with Crippen LogP contribution in [-0.2, 0) is 9.59 Å². The van der Waals surface area contributed by atoms with Crippen molar-refractivity contribution in [1.29, 1.82) is 0 Å². The van der Waals surface area contributed by atoms with Gasteiger partial charge in [-0.1, -0.05) is 32.0 Å². The lowest BCUT2D eigenvalue weighted by Gasteiger charge is -2.41. The molecule has 1 saturated carbocycles. The Balaban J connectivity index is 1.99. The van der Waals surface area contributed by atoms with Gasteiger partial charge in [0.05, 0.1) is 0 Å². The maximum absolute atomic E-state index is 12.8. The zero-order chi connectivity index (χ0) is 14.3. The van der Waals surface area contributed by atoms with Crippen molar-refractivity contribution < 1.29 is 9.59 Å². The van der Waals surface area contributed by atoms with E-state index in [2.05, 4.69) is 5.32 Å². The summed E-state index contributed by atoms with van der Waals surface area (Å²) in [6.45, 7) is 3.95. The number of hydrogen-bond acceptors (Lipinski definition) is 2. The highest BCUT2D eigenvalue weighted by molar-refractivity contribution is 6.08. The third kappa shape index (κ3) is 2.19. The molecule has 20 heavy (non-hydrogen) atoms. The zero-order valence-corrected chi connectivity index (χ0v) is 11.9. The molecule has 1 saturated heterocycles. The van der Waals surface area contributed by atoms with Crippen molar-refractivity contribution in [3.63, 3.8) is 0 Å². The Labute approximate surface area is 119 Å². The summed E-state index contributed by atoms with van der Waals surface area (Å²) in [5.41, 5.74) is 0.816. The first-order valence-corrected chi connectivity index (χ1v) is 7.28. The summed E-state index contributed by atoms with van der Waals surface area (Å²) >= 11 is 0. The molecular formula is C16H20N2O2. The number of carbonyl (C=O) groups is 2. The van der Waals surface area contributed by atoms with Crippen LogP contribution in [0, 0.1) is 11.8 Å². The molecule has 1 aliphatic heterocycles. The second-order valence-electron chi connectivity index (χ2n) is 6.06. The number of piperazine rings is 1. The number of benzene rings is 1. The van der Waals surface area contributed by atoms with Crippen molar-refractivity contribution in [3.8, 4) is 0 Å². The van der Waals surface area contributed by atoms with Crippen LogP contribution in [0.25, 0.3) is 0 Å². The zero-order valence-electron chi connectivity index (χ0n) is 11.9. The van der Waals surface area contributed by atoms with E-state index in [1.54, 1.807) is 4.90 Å². The van der Waals surface area contributed by atoms with E-state index >= 15 is 0 Å². The largest absolute Gasteiger partial charge is 0.342 e. The number of carbonyl (C=O) groups excluding carboxylic acids is 2. The quantitative estimate of drug-likeness (QED) is 0.914. The van der Waals surface area contributed by atoms with Crippen LogP contribution in [-0.4, -0.2) is 23.9 Å². The summed E-state index contributed by atoms with van der Waals surface area (Å²) in [4.78, 5) is 26.9. The van der Waals surface area contributed by atoms with Gasteiger partial charge in [0, 0.05) is 5.69 Å². The van der Waals surface area contributed by atoms with Gasteiger partial charge in [0.15, 0.2) is 0 Å². The molecule has 4 heteroatoms. The van der Waals surface area contributed by atoms with Crippen molar-refractivity contribution in [2.24, 2.45) is 11.8 Å². The predicted molar refractivity (Wildman–Crippen MR) is 77.2 cm³/mol. The van der Waals surface area contributed by atoms with Crippen LogP contribution >= 0.6 is 0 Å². The van der Waals surface area contributed by atoms with Gasteiger partial charge in [0.25, 0.3) is 5.91 Å². The molecule has 1 N–H and O–H groups in total. The molecule has 2 aliphatic rings. The van der Waals surface area contributed by atoms with Gasteiger partial charge in [-0.05, 0) is 36.8 Å². The average molecular weight is 272 g/mol. The van der Waals surface area contributed by atoms with Gasteiger partial charge in [-0.15, -0.1) is 0 Å². The highest BCUT2D eigenvalue weighted by Crippen LogP contribution is 2.37. The van der Waals surface area contributed by atoms with Crippen LogP contribution in [0.3, 0.4) is 0 Å². The smallest absolute Gasteiger partial charge is 0.250 e.